The Hall–Kier alpha value is -4.29. The van der Waals surface area contributed by atoms with Crippen LogP contribution in [-0.2, 0) is 6.54 Å². The van der Waals surface area contributed by atoms with E-state index in [4.69, 9.17) is 4.98 Å². The largest absolute Gasteiger partial charge is 0.465 e. The molecule has 0 spiro atoms. The maximum atomic E-state index is 13.5. The summed E-state index contributed by atoms with van der Waals surface area (Å²) in [5.41, 5.74) is 3.71. The van der Waals surface area contributed by atoms with Gasteiger partial charge in [-0.25, -0.2) is 14.8 Å². The van der Waals surface area contributed by atoms with Crippen LogP contribution in [0.4, 0.5) is 25.7 Å². The Labute approximate surface area is 234 Å². The van der Waals surface area contributed by atoms with E-state index in [-0.39, 0.29) is 18.0 Å². The highest BCUT2D eigenvalue weighted by molar-refractivity contribution is 7.14. The lowest BCUT2D eigenvalue weighted by molar-refractivity contribution is 0.101. The number of carboxylic acid groups (broad SMARTS) is 1. The molecular formula is C28H28FN7O3S. The molecule has 40 heavy (non-hydrogen) atoms. The van der Waals surface area contributed by atoms with Gasteiger partial charge in [0.2, 0.25) is 5.95 Å². The molecule has 10 nitrogen and oxygen atoms in total. The van der Waals surface area contributed by atoms with Crippen LogP contribution in [0.5, 0.6) is 0 Å². The van der Waals surface area contributed by atoms with Crippen molar-refractivity contribution in [3.05, 3.63) is 89.2 Å². The molecule has 206 valence electrons. The Morgan fingerprint density at radius 1 is 1.20 bits per heavy atom. The maximum Gasteiger partial charge on any atom is 0.412 e. The minimum Gasteiger partial charge on any atom is -0.465 e. The van der Waals surface area contributed by atoms with Crippen LogP contribution in [0, 0.1) is 5.95 Å². The molecule has 12 heteroatoms. The number of hydrogen-bond donors (Lipinski definition) is 3. The third-order valence-electron chi connectivity index (χ3n) is 7.33. The Balaban J connectivity index is 1.13. The van der Waals surface area contributed by atoms with E-state index in [0.29, 0.717) is 41.7 Å². The molecule has 0 saturated carbocycles. The van der Waals surface area contributed by atoms with E-state index >= 15 is 0 Å². The second-order valence-electron chi connectivity index (χ2n) is 9.87. The number of pyridine rings is 1. The smallest absolute Gasteiger partial charge is 0.412 e. The lowest BCUT2D eigenvalue weighted by atomic mass is 10.1. The molecule has 6 rings (SSSR count). The number of nitrogens with zero attached hydrogens (tertiary/aromatic N) is 5. The van der Waals surface area contributed by atoms with Crippen molar-refractivity contribution in [3.63, 3.8) is 0 Å². The van der Waals surface area contributed by atoms with E-state index in [1.54, 1.807) is 29.0 Å². The van der Waals surface area contributed by atoms with Gasteiger partial charge in [-0.3, -0.25) is 15.0 Å². The zero-order valence-corrected chi connectivity index (χ0v) is 22.4. The number of halogens is 1. The fraction of sp³-hybridized carbons (Fsp3) is 0.286. The van der Waals surface area contributed by atoms with Gasteiger partial charge in [0.25, 0.3) is 5.91 Å². The molecule has 2 saturated heterocycles. The van der Waals surface area contributed by atoms with E-state index in [9.17, 15) is 19.1 Å². The molecule has 2 aliphatic rings. The van der Waals surface area contributed by atoms with Gasteiger partial charge < -0.3 is 19.9 Å². The van der Waals surface area contributed by atoms with Crippen molar-refractivity contribution in [2.45, 2.75) is 31.5 Å². The van der Waals surface area contributed by atoms with Crippen LogP contribution in [0.1, 0.15) is 40.6 Å². The van der Waals surface area contributed by atoms with Crippen LogP contribution in [0.15, 0.2) is 66.3 Å². The number of amides is 2. The summed E-state index contributed by atoms with van der Waals surface area (Å²) >= 11 is 1.38. The predicted octanol–water partition coefficient (Wildman–Crippen LogP) is 4.58. The highest BCUT2D eigenvalue weighted by Gasteiger charge is 2.31. The Morgan fingerprint density at radius 2 is 2.02 bits per heavy atom. The number of carbonyl (C=O) groups is 2. The Morgan fingerprint density at radius 3 is 2.75 bits per heavy atom. The molecule has 0 aliphatic carbocycles. The molecule has 3 aromatic heterocycles. The summed E-state index contributed by atoms with van der Waals surface area (Å²) in [6.45, 7) is 2.51. The van der Waals surface area contributed by atoms with Gasteiger partial charge in [-0.2, -0.15) is 4.39 Å². The highest BCUT2D eigenvalue weighted by Crippen LogP contribution is 2.38. The molecule has 2 aliphatic heterocycles. The summed E-state index contributed by atoms with van der Waals surface area (Å²) < 4.78 is 15.3. The van der Waals surface area contributed by atoms with Crippen molar-refractivity contribution >= 4 is 39.8 Å². The highest BCUT2D eigenvalue weighted by atomic mass is 32.1. The zero-order valence-electron chi connectivity index (χ0n) is 21.5. The second-order valence-corrected chi connectivity index (χ2v) is 10.7. The predicted molar refractivity (Wildman–Crippen MR) is 151 cm³/mol. The number of aromatic nitrogens is 3. The number of carbonyl (C=O) groups excluding carboxylic acids is 1. The van der Waals surface area contributed by atoms with E-state index in [0.717, 1.165) is 30.8 Å². The van der Waals surface area contributed by atoms with Crippen LogP contribution in [0.25, 0.3) is 0 Å². The van der Waals surface area contributed by atoms with Gasteiger partial charge in [0, 0.05) is 55.3 Å². The average Bonchev–Trinajstić information content (AvgIpc) is 3.67. The second kappa shape index (κ2) is 11.1. The van der Waals surface area contributed by atoms with Crippen LogP contribution >= 0.6 is 11.3 Å². The quantitative estimate of drug-likeness (QED) is 0.270. The van der Waals surface area contributed by atoms with E-state index in [2.05, 4.69) is 20.5 Å². The summed E-state index contributed by atoms with van der Waals surface area (Å²) in [6, 6.07) is 14.2. The first-order chi connectivity index (χ1) is 19.5. The minimum atomic E-state index is -0.950. The normalized spacial score (nSPS) is 17.0. The van der Waals surface area contributed by atoms with Crippen LogP contribution < -0.4 is 20.4 Å². The van der Waals surface area contributed by atoms with Crippen molar-refractivity contribution in [1.82, 2.24) is 19.9 Å². The Bertz CT molecular complexity index is 1520. The van der Waals surface area contributed by atoms with Crippen molar-refractivity contribution in [3.8, 4) is 0 Å². The van der Waals surface area contributed by atoms with Crippen LogP contribution in [-0.4, -0.2) is 57.3 Å². The SMILES string of the molecule is O=C(Nc1nc(C2CCCN2c2ccc(N(C(=O)O)C3CNC3)cc2)cs1)c1cccn1Cc1ccnc(F)c1. The summed E-state index contributed by atoms with van der Waals surface area (Å²) in [6.07, 6.45) is 4.17. The number of hydrogen-bond acceptors (Lipinski definition) is 7. The molecule has 0 bridgehead atoms. The van der Waals surface area contributed by atoms with Gasteiger partial charge in [-0.05, 0) is 66.9 Å². The van der Waals surface area contributed by atoms with E-state index in [1.165, 1.54) is 28.5 Å². The van der Waals surface area contributed by atoms with Gasteiger partial charge in [0.1, 0.15) is 5.69 Å². The average molecular weight is 562 g/mol. The fourth-order valence-electron chi connectivity index (χ4n) is 5.27. The van der Waals surface area contributed by atoms with Crippen LogP contribution in [0.2, 0.25) is 0 Å². The zero-order chi connectivity index (χ0) is 27.6. The topological polar surface area (TPSA) is 116 Å². The minimum absolute atomic E-state index is 0.0481. The molecule has 1 aromatic carbocycles. The number of nitrogens with one attached hydrogen (secondary N) is 2. The first kappa shape index (κ1) is 26.0. The van der Waals surface area contributed by atoms with Crippen LogP contribution in [0.3, 0.4) is 0 Å². The van der Waals surface area contributed by atoms with E-state index < -0.39 is 12.0 Å². The van der Waals surface area contributed by atoms with Crippen molar-refractivity contribution in [1.29, 1.82) is 0 Å². The fourth-order valence-corrected chi connectivity index (χ4v) is 6.03. The molecule has 2 fully saturated rings. The summed E-state index contributed by atoms with van der Waals surface area (Å²) in [5.74, 6) is -0.847. The summed E-state index contributed by atoms with van der Waals surface area (Å²) in [5, 5.41) is 18.2. The molecule has 0 radical (unpaired) electrons. The number of benzene rings is 1. The summed E-state index contributed by atoms with van der Waals surface area (Å²) in [7, 11) is 0. The third-order valence-corrected chi connectivity index (χ3v) is 8.11. The number of thiazole rings is 1. The van der Waals surface area contributed by atoms with Gasteiger partial charge in [0.15, 0.2) is 5.13 Å². The number of anilines is 3. The van der Waals surface area contributed by atoms with Crippen molar-refractivity contribution in [2.75, 3.05) is 34.8 Å². The number of rotatable bonds is 8. The Kier molecular flexibility index (Phi) is 7.18. The third kappa shape index (κ3) is 5.27. The molecule has 2 amide bonds. The van der Waals surface area contributed by atoms with E-state index in [1.807, 2.05) is 29.6 Å². The lowest BCUT2D eigenvalue weighted by Gasteiger charge is -2.36. The van der Waals surface area contributed by atoms with Gasteiger partial charge in [-0.15, -0.1) is 11.3 Å². The standard InChI is InChI=1S/C28H28FN7O3S/c29-25-13-18(9-10-31-25)16-34-11-1-4-24(34)26(37)33-27-32-22(17-40-27)23-3-2-12-35(23)19-5-7-20(8-6-19)36(28(38)39)21-14-30-15-21/h1,4-11,13,17,21,23,30H,2-3,12,14-16H2,(H,38,39)(H,32,33,37). The molecule has 1 atom stereocenters. The maximum absolute atomic E-state index is 13.5. The van der Waals surface area contributed by atoms with Gasteiger partial charge in [0.05, 0.1) is 17.8 Å². The molecular weight excluding hydrogens is 533 g/mol. The molecule has 3 N–H and O–H groups in total. The van der Waals surface area contributed by atoms with Gasteiger partial charge >= 0.3 is 6.09 Å². The monoisotopic (exact) mass is 561 g/mol. The first-order valence-electron chi connectivity index (χ1n) is 13.1. The molecule has 5 heterocycles. The van der Waals surface area contributed by atoms with Gasteiger partial charge in [-0.1, -0.05) is 0 Å². The van der Waals surface area contributed by atoms with Crippen molar-refractivity contribution < 1.29 is 19.1 Å². The summed E-state index contributed by atoms with van der Waals surface area (Å²) in [4.78, 5) is 36.9. The first-order valence-corrected chi connectivity index (χ1v) is 14.0. The molecule has 4 aromatic rings. The molecule has 1 unspecified atom stereocenters. The van der Waals surface area contributed by atoms with Crippen molar-refractivity contribution in [2.24, 2.45) is 0 Å². The lowest BCUT2D eigenvalue weighted by Crippen LogP contribution is -2.59.